The summed E-state index contributed by atoms with van der Waals surface area (Å²) in [5.41, 5.74) is 0.583. The zero-order valence-electron chi connectivity index (χ0n) is 10.4. The van der Waals surface area contributed by atoms with Crippen molar-refractivity contribution in [3.8, 4) is 11.5 Å². The molecule has 0 atom stereocenters. The first-order chi connectivity index (χ1) is 9.24. The number of hydrogen-bond donors (Lipinski definition) is 0. The van der Waals surface area contributed by atoms with Crippen molar-refractivity contribution in [2.24, 2.45) is 0 Å². The van der Waals surface area contributed by atoms with Crippen LogP contribution in [0.25, 0.3) is 10.8 Å². The van der Waals surface area contributed by atoms with E-state index in [4.69, 9.17) is 9.15 Å². The van der Waals surface area contributed by atoms with E-state index < -0.39 is 0 Å². The zero-order chi connectivity index (χ0) is 13.2. The van der Waals surface area contributed by atoms with Crippen molar-refractivity contribution in [3.63, 3.8) is 0 Å². The highest BCUT2D eigenvalue weighted by molar-refractivity contribution is 5.85. The van der Waals surface area contributed by atoms with Gasteiger partial charge in [0.25, 0.3) is 0 Å². The summed E-state index contributed by atoms with van der Waals surface area (Å²) in [6, 6.07) is 14.9. The van der Waals surface area contributed by atoms with Crippen molar-refractivity contribution in [1.82, 2.24) is 0 Å². The van der Waals surface area contributed by atoms with Gasteiger partial charge in [-0.25, -0.2) is 4.79 Å². The third kappa shape index (κ3) is 2.22. The van der Waals surface area contributed by atoms with Crippen LogP contribution in [-0.2, 0) is 0 Å². The van der Waals surface area contributed by atoms with Crippen molar-refractivity contribution < 1.29 is 9.15 Å². The summed E-state index contributed by atoms with van der Waals surface area (Å²) in [6.07, 6.45) is 1.47. The predicted molar refractivity (Wildman–Crippen MR) is 73.7 cm³/mol. The smallest absolute Gasteiger partial charge is 0.343 e. The van der Waals surface area contributed by atoms with Crippen molar-refractivity contribution in [3.05, 3.63) is 70.8 Å². The van der Waals surface area contributed by atoms with Crippen molar-refractivity contribution in [2.75, 3.05) is 0 Å². The van der Waals surface area contributed by atoms with E-state index >= 15 is 0 Å². The van der Waals surface area contributed by atoms with Crippen LogP contribution in [0.1, 0.15) is 5.56 Å². The lowest BCUT2D eigenvalue weighted by Crippen LogP contribution is -1.99. The fourth-order valence-electron chi connectivity index (χ4n) is 1.98. The SMILES string of the molecule is Cc1coc(=O)c2ccc(Oc3ccccc3)cc12. The number of fused-ring (bicyclic) bond motifs is 1. The number of para-hydroxylation sites is 1. The first-order valence-corrected chi connectivity index (χ1v) is 5.99. The molecule has 1 heterocycles. The molecule has 0 N–H and O–H groups in total. The molecule has 0 aliphatic rings. The van der Waals surface area contributed by atoms with Gasteiger partial charge in [-0.2, -0.15) is 0 Å². The Bertz CT molecular complexity index is 773. The molecule has 0 fully saturated rings. The molecule has 94 valence electrons. The molecule has 0 unspecified atom stereocenters. The summed E-state index contributed by atoms with van der Waals surface area (Å²) in [7, 11) is 0. The van der Waals surface area contributed by atoms with Crippen LogP contribution in [0.2, 0.25) is 0 Å². The largest absolute Gasteiger partial charge is 0.457 e. The molecule has 3 nitrogen and oxygen atoms in total. The highest BCUT2D eigenvalue weighted by Gasteiger charge is 2.05. The van der Waals surface area contributed by atoms with E-state index in [9.17, 15) is 4.79 Å². The van der Waals surface area contributed by atoms with Crippen LogP contribution in [0, 0.1) is 6.92 Å². The summed E-state index contributed by atoms with van der Waals surface area (Å²) < 4.78 is 10.7. The fourth-order valence-corrected chi connectivity index (χ4v) is 1.98. The van der Waals surface area contributed by atoms with E-state index in [1.165, 1.54) is 6.26 Å². The third-order valence-electron chi connectivity index (χ3n) is 2.96. The number of ether oxygens (including phenoxy) is 1. The summed E-state index contributed by atoms with van der Waals surface area (Å²) in [5.74, 6) is 1.47. The molecule has 0 saturated heterocycles. The maximum atomic E-state index is 11.6. The van der Waals surface area contributed by atoms with E-state index in [0.717, 1.165) is 16.7 Å². The predicted octanol–water partition coefficient (Wildman–Crippen LogP) is 3.89. The Balaban J connectivity index is 2.07. The Kier molecular flexibility index (Phi) is 2.80. The minimum atomic E-state index is -0.327. The molecule has 3 rings (SSSR count). The van der Waals surface area contributed by atoms with Gasteiger partial charge in [-0.15, -0.1) is 0 Å². The van der Waals surface area contributed by atoms with Crippen LogP contribution < -0.4 is 10.4 Å². The maximum Gasteiger partial charge on any atom is 0.343 e. The molecule has 3 heteroatoms. The van der Waals surface area contributed by atoms with Crippen LogP contribution in [0.4, 0.5) is 0 Å². The normalized spacial score (nSPS) is 10.6. The monoisotopic (exact) mass is 252 g/mol. The standard InChI is InChI=1S/C16H12O3/c1-11-10-18-16(17)14-8-7-13(9-15(11)14)19-12-5-3-2-4-6-12/h2-10H,1H3. The number of hydrogen-bond acceptors (Lipinski definition) is 3. The molecule has 3 aromatic rings. The first-order valence-electron chi connectivity index (χ1n) is 5.99. The highest BCUT2D eigenvalue weighted by atomic mass is 16.5. The summed E-state index contributed by atoms with van der Waals surface area (Å²) in [6.45, 7) is 1.90. The van der Waals surface area contributed by atoms with Gasteiger partial charge < -0.3 is 9.15 Å². The van der Waals surface area contributed by atoms with Gasteiger partial charge in [0.1, 0.15) is 11.5 Å². The molecule has 2 aromatic carbocycles. The number of rotatable bonds is 2. The van der Waals surface area contributed by atoms with E-state index in [0.29, 0.717) is 11.1 Å². The van der Waals surface area contributed by atoms with Gasteiger partial charge in [-0.1, -0.05) is 18.2 Å². The first kappa shape index (κ1) is 11.5. The quantitative estimate of drug-likeness (QED) is 0.694. The van der Waals surface area contributed by atoms with Crippen molar-refractivity contribution in [2.45, 2.75) is 6.92 Å². The summed E-state index contributed by atoms with van der Waals surface area (Å²) in [4.78, 5) is 11.6. The fraction of sp³-hybridized carbons (Fsp3) is 0.0625. The molecule has 0 bridgehead atoms. The lowest BCUT2D eigenvalue weighted by Gasteiger charge is -2.07. The van der Waals surface area contributed by atoms with Crippen LogP contribution in [0.15, 0.2) is 64.0 Å². The molecule has 0 aliphatic carbocycles. The Morgan fingerprint density at radius 3 is 2.53 bits per heavy atom. The molecular weight excluding hydrogens is 240 g/mol. The second-order valence-corrected chi connectivity index (χ2v) is 4.33. The van der Waals surface area contributed by atoms with E-state index in [1.54, 1.807) is 12.1 Å². The Morgan fingerprint density at radius 2 is 1.74 bits per heavy atom. The maximum absolute atomic E-state index is 11.6. The number of aryl methyl sites for hydroxylation is 1. The summed E-state index contributed by atoms with van der Waals surface area (Å²) in [5, 5.41) is 1.42. The number of benzene rings is 2. The molecule has 0 spiro atoms. The van der Waals surface area contributed by atoms with Gasteiger partial charge >= 0.3 is 5.63 Å². The van der Waals surface area contributed by atoms with Crippen molar-refractivity contribution in [1.29, 1.82) is 0 Å². The molecular formula is C16H12O3. The lowest BCUT2D eigenvalue weighted by molar-refractivity contribution is 0.483. The second kappa shape index (κ2) is 4.61. The van der Waals surface area contributed by atoms with Crippen LogP contribution in [0.3, 0.4) is 0 Å². The summed E-state index contributed by atoms with van der Waals surface area (Å²) >= 11 is 0. The van der Waals surface area contributed by atoms with Gasteiger partial charge in [0.2, 0.25) is 0 Å². The van der Waals surface area contributed by atoms with Gasteiger partial charge in [-0.3, -0.25) is 0 Å². The Hall–Kier alpha value is -2.55. The minimum absolute atomic E-state index is 0.327. The second-order valence-electron chi connectivity index (χ2n) is 4.33. The molecule has 0 saturated carbocycles. The topological polar surface area (TPSA) is 39.4 Å². The van der Waals surface area contributed by atoms with E-state index in [2.05, 4.69) is 0 Å². The van der Waals surface area contributed by atoms with E-state index in [-0.39, 0.29) is 5.63 Å². The Morgan fingerprint density at radius 1 is 0.947 bits per heavy atom. The van der Waals surface area contributed by atoms with Gasteiger partial charge in [-0.05, 0) is 48.2 Å². The van der Waals surface area contributed by atoms with E-state index in [1.807, 2.05) is 43.3 Å². The molecule has 0 aliphatic heterocycles. The average molecular weight is 252 g/mol. The minimum Gasteiger partial charge on any atom is -0.457 e. The Labute approximate surface area is 110 Å². The zero-order valence-corrected chi connectivity index (χ0v) is 10.4. The average Bonchev–Trinajstić information content (AvgIpc) is 2.44. The van der Waals surface area contributed by atoms with Gasteiger partial charge in [0.05, 0.1) is 11.6 Å². The molecule has 1 aromatic heterocycles. The third-order valence-corrected chi connectivity index (χ3v) is 2.96. The lowest BCUT2D eigenvalue weighted by atomic mass is 10.1. The molecule has 0 radical (unpaired) electrons. The van der Waals surface area contributed by atoms with Crippen LogP contribution >= 0.6 is 0 Å². The van der Waals surface area contributed by atoms with Gasteiger partial charge in [0.15, 0.2) is 0 Å². The van der Waals surface area contributed by atoms with Crippen LogP contribution in [0.5, 0.6) is 11.5 Å². The van der Waals surface area contributed by atoms with Crippen LogP contribution in [-0.4, -0.2) is 0 Å². The molecule has 0 amide bonds. The molecule has 19 heavy (non-hydrogen) atoms. The van der Waals surface area contributed by atoms with Crippen molar-refractivity contribution >= 4 is 10.8 Å². The highest BCUT2D eigenvalue weighted by Crippen LogP contribution is 2.25. The van der Waals surface area contributed by atoms with Gasteiger partial charge in [0, 0.05) is 0 Å².